The van der Waals surface area contributed by atoms with Crippen molar-refractivity contribution in [3.63, 3.8) is 0 Å². The highest BCUT2D eigenvalue weighted by molar-refractivity contribution is 5.49. The number of hydrogen-bond acceptors (Lipinski definition) is 3. The minimum Gasteiger partial charge on any atom is -0.497 e. The number of hydrogen-bond donors (Lipinski definition) is 1. The van der Waals surface area contributed by atoms with Crippen molar-refractivity contribution in [3.05, 3.63) is 58.7 Å². The van der Waals surface area contributed by atoms with E-state index in [1.54, 1.807) is 14.2 Å². The highest BCUT2D eigenvalue weighted by Crippen LogP contribution is 2.39. The lowest BCUT2D eigenvalue weighted by molar-refractivity contribution is 0.414. The van der Waals surface area contributed by atoms with E-state index < -0.39 is 0 Å². The van der Waals surface area contributed by atoms with E-state index in [-0.39, 0.29) is 6.04 Å². The first kappa shape index (κ1) is 15.9. The molecule has 0 heterocycles. The van der Waals surface area contributed by atoms with E-state index in [4.69, 9.17) is 15.2 Å². The van der Waals surface area contributed by atoms with Crippen LogP contribution in [-0.4, -0.2) is 20.3 Å². The van der Waals surface area contributed by atoms with Gasteiger partial charge in [-0.15, -0.1) is 0 Å². The van der Waals surface area contributed by atoms with Crippen LogP contribution >= 0.6 is 0 Å². The van der Waals surface area contributed by atoms with Gasteiger partial charge in [-0.3, -0.25) is 0 Å². The summed E-state index contributed by atoms with van der Waals surface area (Å²) in [6.07, 6.45) is 2.98. The summed E-state index contributed by atoms with van der Waals surface area (Å²) in [7, 11) is 3.44. The first-order valence-corrected chi connectivity index (χ1v) is 8.21. The Morgan fingerprint density at radius 3 is 1.83 bits per heavy atom. The molecule has 1 atom stereocenters. The Balaban J connectivity index is 2.11. The fourth-order valence-corrected chi connectivity index (χ4v) is 3.59. The lowest BCUT2D eigenvalue weighted by Gasteiger charge is -2.23. The zero-order valence-electron chi connectivity index (χ0n) is 14.1. The van der Waals surface area contributed by atoms with Crippen LogP contribution in [-0.2, 0) is 12.8 Å². The van der Waals surface area contributed by atoms with Crippen molar-refractivity contribution >= 4 is 0 Å². The van der Waals surface area contributed by atoms with E-state index in [0.29, 0.717) is 5.92 Å². The molecule has 1 aliphatic carbocycles. The lowest BCUT2D eigenvalue weighted by Crippen LogP contribution is -2.20. The summed E-state index contributed by atoms with van der Waals surface area (Å²) in [4.78, 5) is 0. The van der Waals surface area contributed by atoms with Gasteiger partial charge in [0, 0.05) is 12.0 Å². The van der Waals surface area contributed by atoms with Crippen LogP contribution < -0.4 is 15.2 Å². The molecule has 0 fully saturated rings. The summed E-state index contributed by atoms with van der Waals surface area (Å²) >= 11 is 0. The fourth-order valence-electron chi connectivity index (χ4n) is 3.59. The monoisotopic (exact) mass is 311 g/mol. The molecule has 23 heavy (non-hydrogen) atoms. The molecule has 2 N–H and O–H groups in total. The molecular formula is C20H25NO2. The van der Waals surface area contributed by atoms with E-state index in [0.717, 1.165) is 30.8 Å². The Morgan fingerprint density at radius 1 is 0.957 bits per heavy atom. The van der Waals surface area contributed by atoms with Crippen molar-refractivity contribution in [1.29, 1.82) is 0 Å². The van der Waals surface area contributed by atoms with Crippen LogP contribution in [0.2, 0.25) is 0 Å². The maximum absolute atomic E-state index is 6.15. The lowest BCUT2D eigenvalue weighted by atomic mass is 9.84. The summed E-state index contributed by atoms with van der Waals surface area (Å²) in [5.74, 6) is 2.18. The molecule has 2 aromatic carbocycles. The van der Waals surface area contributed by atoms with Crippen molar-refractivity contribution in [2.75, 3.05) is 14.2 Å². The van der Waals surface area contributed by atoms with Crippen molar-refractivity contribution < 1.29 is 9.47 Å². The molecule has 3 nitrogen and oxygen atoms in total. The third kappa shape index (κ3) is 3.20. The minimum absolute atomic E-state index is 0.156. The summed E-state index contributed by atoms with van der Waals surface area (Å²) < 4.78 is 10.8. The van der Waals surface area contributed by atoms with Crippen LogP contribution in [0.1, 0.15) is 41.5 Å². The van der Waals surface area contributed by atoms with Crippen molar-refractivity contribution in [2.45, 2.75) is 38.1 Å². The van der Waals surface area contributed by atoms with Crippen LogP contribution in [0.15, 0.2) is 36.4 Å². The molecule has 0 radical (unpaired) electrons. The van der Waals surface area contributed by atoms with E-state index in [2.05, 4.69) is 43.3 Å². The molecule has 0 spiro atoms. The van der Waals surface area contributed by atoms with Crippen LogP contribution in [0.3, 0.4) is 0 Å². The standard InChI is InChI=1S/C20H25NO2/c1-13(21)10-20-18-8-6-16(22-2)11-14(18)4-5-15-12-17(23-3)7-9-19(15)20/h6-9,11-13,20H,4-5,10,21H2,1-3H3. The molecule has 1 unspecified atom stereocenters. The fraction of sp³-hybridized carbons (Fsp3) is 0.400. The Kier molecular flexibility index (Phi) is 4.58. The van der Waals surface area contributed by atoms with Crippen LogP contribution in [0.5, 0.6) is 11.5 Å². The van der Waals surface area contributed by atoms with E-state index in [9.17, 15) is 0 Å². The largest absolute Gasteiger partial charge is 0.497 e. The number of fused-ring (bicyclic) bond motifs is 2. The number of rotatable bonds is 4. The van der Waals surface area contributed by atoms with Crippen LogP contribution in [0.25, 0.3) is 0 Å². The van der Waals surface area contributed by atoms with Crippen LogP contribution in [0.4, 0.5) is 0 Å². The predicted molar refractivity (Wildman–Crippen MR) is 93.5 cm³/mol. The maximum atomic E-state index is 6.15. The second kappa shape index (κ2) is 6.63. The van der Waals surface area contributed by atoms with Gasteiger partial charge in [-0.25, -0.2) is 0 Å². The summed E-state index contributed by atoms with van der Waals surface area (Å²) in [6, 6.07) is 13.0. The molecular weight excluding hydrogens is 286 g/mol. The average molecular weight is 311 g/mol. The van der Waals surface area contributed by atoms with E-state index in [1.165, 1.54) is 22.3 Å². The molecule has 2 aromatic rings. The number of methoxy groups -OCH3 is 2. The van der Waals surface area contributed by atoms with Gasteiger partial charge in [-0.05, 0) is 72.7 Å². The van der Waals surface area contributed by atoms with Crippen molar-refractivity contribution in [3.8, 4) is 11.5 Å². The van der Waals surface area contributed by atoms with Gasteiger partial charge < -0.3 is 15.2 Å². The van der Waals surface area contributed by atoms with Gasteiger partial charge in [-0.1, -0.05) is 12.1 Å². The molecule has 3 rings (SSSR count). The number of aryl methyl sites for hydroxylation is 2. The number of ether oxygens (including phenoxy) is 2. The normalized spacial score (nSPS) is 15.3. The second-order valence-corrected chi connectivity index (χ2v) is 6.40. The molecule has 0 aromatic heterocycles. The SMILES string of the molecule is COc1ccc2c(c1)CCc1cc(OC)ccc1C2CC(C)N. The molecule has 1 aliphatic rings. The first-order chi connectivity index (χ1) is 11.1. The van der Waals surface area contributed by atoms with Gasteiger partial charge in [0.05, 0.1) is 14.2 Å². The zero-order chi connectivity index (χ0) is 16.4. The summed E-state index contributed by atoms with van der Waals surface area (Å²) in [5.41, 5.74) is 11.6. The molecule has 0 amide bonds. The zero-order valence-corrected chi connectivity index (χ0v) is 14.1. The van der Waals surface area contributed by atoms with Gasteiger partial charge in [0.15, 0.2) is 0 Å². The average Bonchev–Trinajstić information content (AvgIpc) is 2.71. The van der Waals surface area contributed by atoms with E-state index in [1.807, 2.05) is 0 Å². The molecule has 0 bridgehead atoms. The van der Waals surface area contributed by atoms with Gasteiger partial charge >= 0.3 is 0 Å². The first-order valence-electron chi connectivity index (χ1n) is 8.21. The Morgan fingerprint density at radius 2 is 1.43 bits per heavy atom. The topological polar surface area (TPSA) is 44.5 Å². The molecule has 0 saturated carbocycles. The van der Waals surface area contributed by atoms with Gasteiger partial charge in [0.2, 0.25) is 0 Å². The molecule has 122 valence electrons. The Bertz CT molecular complexity index is 639. The minimum atomic E-state index is 0.156. The summed E-state index contributed by atoms with van der Waals surface area (Å²) in [6.45, 7) is 2.08. The molecule has 0 saturated heterocycles. The number of nitrogens with two attached hydrogens (primary N) is 1. The highest BCUT2D eigenvalue weighted by Gasteiger charge is 2.25. The highest BCUT2D eigenvalue weighted by atomic mass is 16.5. The Labute approximate surface area is 138 Å². The van der Waals surface area contributed by atoms with Crippen molar-refractivity contribution in [1.82, 2.24) is 0 Å². The molecule has 3 heteroatoms. The summed E-state index contributed by atoms with van der Waals surface area (Å²) in [5, 5.41) is 0. The Hall–Kier alpha value is -2.00. The molecule has 0 aliphatic heterocycles. The quantitative estimate of drug-likeness (QED) is 0.937. The van der Waals surface area contributed by atoms with Gasteiger partial charge in [0.1, 0.15) is 11.5 Å². The third-order valence-electron chi connectivity index (χ3n) is 4.72. The van der Waals surface area contributed by atoms with Crippen LogP contribution in [0, 0.1) is 0 Å². The van der Waals surface area contributed by atoms with Gasteiger partial charge in [-0.2, -0.15) is 0 Å². The van der Waals surface area contributed by atoms with Crippen molar-refractivity contribution in [2.24, 2.45) is 5.73 Å². The van der Waals surface area contributed by atoms with Gasteiger partial charge in [0.25, 0.3) is 0 Å². The predicted octanol–water partition coefficient (Wildman–Crippen LogP) is 3.67. The smallest absolute Gasteiger partial charge is 0.119 e. The van der Waals surface area contributed by atoms with E-state index >= 15 is 0 Å². The number of benzene rings is 2. The third-order valence-corrected chi connectivity index (χ3v) is 4.72. The maximum Gasteiger partial charge on any atom is 0.119 e. The second-order valence-electron chi connectivity index (χ2n) is 6.40.